The van der Waals surface area contributed by atoms with E-state index >= 15 is 0 Å². The molecule has 1 aliphatic heterocycles. The smallest absolute Gasteiger partial charge is 0.255 e. The number of hydrogen-bond acceptors (Lipinski definition) is 5. The predicted octanol–water partition coefficient (Wildman–Crippen LogP) is 1.17. The van der Waals surface area contributed by atoms with Gasteiger partial charge in [0.1, 0.15) is 12.1 Å². The Balaban J connectivity index is 2.18. The molecule has 6 nitrogen and oxygen atoms in total. The van der Waals surface area contributed by atoms with E-state index in [4.69, 9.17) is 10.00 Å². The van der Waals surface area contributed by atoms with Crippen LogP contribution in [0.5, 0.6) is 5.75 Å². The van der Waals surface area contributed by atoms with Crippen LogP contribution in [0.25, 0.3) is 0 Å². The maximum absolute atomic E-state index is 12.1. The standard InChI is InChI=1S/C16H15N3O3/c1-15(2)16(21,19-10-18-6-5-14(19)20)8-12-7-11(9-17)3-4-13(12)22-15/h3-7,10,21H,8H2,1-2H3. The molecule has 0 bridgehead atoms. The molecule has 1 aliphatic rings. The molecule has 22 heavy (non-hydrogen) atoms. The van der Waals surface area contributed by atoms with Crippen LogP contribution in [-0.4, -0.2) is 20.3 Å². The molecule has 0 aliphatic carbocycles. The number of aromatic nitrogens is 2. The minimum atomic E-state index is -1.60. The highest BCUT2D eigenvalue weighted by molar-refractivity contribution is 5.44. The van der Waals surface area contributed by atoms with Gasteiger partial charge in [0.15, 0.2) is 11.3 Å². The van der Waals surface area contributed by atoms with E-state index in [0.717, 1.165) is 0 Å². The van der Waals surface area contributed by atoms with Gasteiger partial charge in [-0.3, -0.25) is 9.36 Å². The highest BCUT2D eigenvalue weighted by Crippen LogP contribution is 2.42. The van der Waals surface area contributed by atoms with Crippen molar-refractivity contribution < 1.29 is 9.84 Å². The average Bonchev–Trinajstić information content (AvgIpc) is 2.48. The summed E-state index contributed by atoms with van der Waals surface area (Å²) >= 11 is 0. The van der Waals surface area contributed by atoms with Crippen LogP contribution in [0.3, 0.4) is 0 Å². The molecule has 0 radical (unpaired) electrons. The van der Waals surface area contributed by atoms with E-state index in [9.17, 15) is 9.90 Å². The van der Waals surface area contributed by atoms with E-state index in [1.165, 1.54) is 23.2 Å². The molecule has 1 atom stereocenters. The molecular formula is C16H15N3O3. The van der Waals surface area contributed by atoms with E-state index in [2.05, 4.69) is 11.1 Å². The lowest BCUT2D eigenvalue weighted by molar-refractivity contribution is -0.184. The van der Waals surface area contributed by atoms with Crippen LogP contribution < -0.4 is 10.3 Å². The largest absolute Gasteiger partial charge is 0.483 e. The molecule has 1 aromatic heterocycles. The number of nitrogens with zero attached hydrogens (tertiary/aromatic N) is 3. The van der Waals surface area contributed by atoms with Crippen molar-refractivity contribution in [1.82, 2.24) is 9.55 Å². The minimum Gasteiger partial charge on any atom is -0.483 e. The number of rotatable bonds is 1. The average molecular weight is 297 g/mol. The lowest BCUT2D eigenvalue weighted by Gasteiger charge is -2.47. The van der Waals surface area contributed by atoms with Crippen molar-refractivity contribution in [3.63, 3.8) is 0 Å². The number of ether oxygens (including phenoxy) is 1. The molecule has 2 aromatic rings. The van der Waals surface area contributed by atoms with Gasteiger partial charge >= 0.3 is 0 Å². The molecule has 1 unspecified atom stereocenters. The number of aliphatic hydroxyl groups is 1. The van der Waals surface area contributed by atoms with Crippen molar-refractivity contribution in [2.75, 3.05) is 0 Å². The van der Waals surface area contributed by atoms with Gasteiger partial charge in [-0.25, -0.2) is 4.98 Å². The SMILES string of the molecule is CC1(C)Oc2ccc(C#N)cc2CC1(O)n1cnccc1=O. The number of nitriles is 1. The van der Waals surface area contributed by atoms with Gasteiger partial charge in [-0.15, -0.1) is 0 Å². The second-order valence-electron chi connectivity index (χ2n) is 5.83. The van der Waals surface area contributed by atoms with Crippen LogP contribution in [-0.2, 0) is 12.1 Å². The molecule has 1 aromatic carbocycles. The van der Waals surface area contributed by atoms with Gasteiger partial charge in [0.2, 0.25) is 0 Å². The Morgan fingerprint density at radius 2 is 2.18 bits per heavy atom. The normalized spacial score (nSPS) is 22.3. The summed E-state index contributed by atoms with van der Waals surface area (Å²) < 4.78 is 7.07. The number of benzene rings is 1. The first-order chi connectivity index (χ1) is 10.4. The first kappa shape index (κ1) is 14.3. The summed E-state index contributed by atoms with van der Waals surface area (Å²) in [6, 6.07) is 8.38. The zero-order chi connectivity index (χ0) is 16.0. The Kier molecular flexibility index (Phi) is 3.04. The summed E-state index contributed by atoms with van der Waals surface area (Å²) in [5.41, 5.74) is -1.85. The highest BCUT2D eigenvalue weighted by atomic mass is 16.5. The van der Waals surface area contributed by atoms with Crippen LogP contribution in [0.1, 0.15) is 25.0 Å². The maximum Gasteiger partial charge on any atom is 0.255 e. The molecule has 0 saturated heterocycles. The Morgan fingerprint density at radius 1 is 1.41 bits per heavy atom. The van der Waals surface area contributed by atoms with Crippen molar-refractivity contribution in [3.05, 3.63) is 58.3 Å². The third kappa shape index (κ3) is 1.98. The zero-order valence-corrected chi connectivity index (χ0v) is 12.3. The second kappa shape index (κ2) is 4.68. The fourth-order valence-electron chi connectivity index (χ4n) is 2.72. The molecule has 0 spiro atoms. The summed E-state index contributed by atoms with van der Waals surface area (Å²) in [6.45, 7) is 3.43. The second-order valence-corrected chi connectivity index (χ2v) is 5.83. The first-order valence-electron chi connectivity index (χ1n) is 6.85. The van der Waals surface area contributed by atoms with Crippen LogP contribution in [0.4, 0.5) is 0 Å². The predicted molar refractivity (Wildman–Crippen MR) is 78.3 cm³/mol. The molecule has 2 heterocycles. The molecule has 0 amide bonds. The summed E-state index contributed by atoms with van der Waals surface area (Å²) in [5.74, 6) is 0.602. The van der Waals surface area contributed by atoms with Gasteiger partial charge in [-0.05, 0) is 32.0 Å². The molecule has 6 heteroatoms. The third-order valence-electron chi connectivity index (χ3n) is 4.08. The van der Waals surface area contributed by atoms with Gasteiger partial charge in [0.05, 0.1) is 11.6 Å². The number of fused-ring (bicyclic) bond motifs is 1. The van der Waals surface area contributed by atoms with Crippen molar-refractivity contribution in [3.8, 4) is 11.8 Å². The molecule has 3 rings (SSSR count). The summed E-state index contributed by atoms with van der Waals surface area (Å²) in [5, 5.41) is 20.2. The molecule has 0 fully saturated rings. The van der Waals surface area contributed by atoms with Crippen LogP contribution >= 0.6 is 0 Å². The Bertz CT molecular complexity index is 835. The summed E-state index contributed by atoms with van der Waals surface area (Å²) in [4.78, 5) is 16.0. The number of hydrogen-bond donors (Lipinski definition) is 1. The summed E-state index contributed by atoms with van der Waals surface area (Å²) in [7, 11) is 0. The maximum atomic E-state index is 12.1. The summed E-state index contributed by atoms with van der Waals surface area (Å²) in [6.07, 6.45) is 2.82. The Hall–Kier alpha value is -2.65. The van der Waals surface area contributed by atoms with E-state index in [1.807, 2.05) is 0 Å². The van der Waals surface area contributed by atoms with Crippen molar-refractivity contribution in [2.24, 2.45) is 0 Å². The van der Waals surface area contributed by atoms with Crippen molar-refractivity contribution >= 4 is 0 Å². The first-order valence-corrected chi connectivity index (χ1v) is 6.85. The van der Waals surface area contributed by atoms with Crippen LogP contribution in [0, 0.1) is 11.3 Å². The van der Waals surface area contributed by atoms with Crippen LogP contribution in [0.15, 0.2) is 41.6 Å². The highest BCUT2D eigenvalue weighted by Gasteiger charge is 2.51. The van der Waals surface area contributed by atoms with Gasteiger partial charge < -0.3 is 9.84 Å². The van der Waals surface area contributed by atoms with E-state index in [1.54, 1.807) is 32.0 Å². The lowest BCUT2D eigenvalue weighted by atomic mass is 9.84. The molecule has 112 valence electrons. The molecule has 0 saturated carbocycles. The fourth-order valence-corrected chi connectivity index (χ4v) is 2.72. The van der Waals surface area contributed by atoms with E-state index in [0.29, 0.717) is 16.9 Å². The molecule has 1 N–H and O–H groups in total. The monoisotopic (exact) mass is 297 g/mol. The third-order valence-corrected chi connectivity index (χ3v) is 4.08. The quantitative estimate of drug-likeness (QED) is 0.853. The fraction of sp³-hybridized carbons (Fsp3) is 0.312. The zero-order valence-electron chi connectivity index (χ0n) is 12.3. The van der Waals surface area contributed by atoms with Gasteiger partial charge in [0, 0.05) is 24.2 Å². The van der Waals surface area contributed by atoms with Crippen LogP contribution in [0.2, 0.25) is 0 Å². The van der Waals surface area contributed by atoms with Crippen molar-refractivity contribution in [1.29, 1.82) is 5.26 Å². The van der Waals surface area contributed by atoms with E-state index < -0.39 is 11.3 Å². The lowest BCUT2D eigenvalue weighted by Crippen LogP contribution is -2.61. The van der Waals surface area contributed by atoms with Crippen molar-refractivity contribution in [2.45, 2.75) is 31.6 Å². The Morgan fingerprint density at radius 3 is 2.86 bits per heavy atom. The topological polar surface area (TPSA) is 88.1 Å². The minimum absolute atomic E-state index is 0.149. The molecular weight excluding hydrogens is 282 g/mol. The van der Waals surface area contributed by atoms with E-state index in [-0.39, 0.29) is 12.0 Å². The van der Waals surface area contributed by atoms with Gasteiger partial charge in [-0.1, -0.05) is 0 Å². The van der Waals surface area contributed by atoms with Gasteiger partial charge in [0.25, 0.3) is 5.56 Å². The van der Waals surface area contributed by atoms with Gasteiger partial charge in [-0.2, -0.15) is 5.26 Å². The Labute approximate surface area is 127 Å².